The number of aromatic nitrogens is 6. The van der Waals surface area contributed by atoms with Crippen molar-refractivity contribution in [2.45, 2.75) is 12.4 Å². The van der Waals surface area contributed by atoms with Crippen LogP contribution in [0.5, 0.6) is 58.5 Å². The normalized spacial score (nSPS) is 12.3. The van der Waals surface area contributed by atoms with Crippen LogP contribution in [0.25, 0.3) is 22.8 Å². The first-order chi connectivity index (χ1) is 27.5. The molecule has 2 N–H and O–H groups in total. The van der Waals surface area contributed by atoms with Crippen LogP contribution < -0.4 is 18.9 Å². The molecule has 4 aromatic carbocycles. The van der Waals surface area contributed by atoms with E-state index in [1.807, 2.05) is 0 Å². The Hall–Kier alpha value is -7.78. The largest absolute Gasteiger partial charge is 0.502 e. The second-order valence-corrected chi connectivity index (χ2v) is 11.6. The third kappa shape index (κ3) is 7.96. The van der Waals surface area contributed by atoms with E-state index in [0.717, 1.165) is 87.0 Å². The van der Waals surface area contributed by atoms with Crippen molar-refractivity contribution < 1.29 is 74.6 Å². The zero-order valence-corrected chi connectivity index (χ0v) is 29.0. The van der Waals surface area contributed by atoms with E-state index in [-0.39, 0.29) is 33.9 Å². The van der Waals surface area contributed by atoms with Gasteiger partial charge in [-0.2, -0.15) is 46.3 Å². The molecule has 0 aliphatic carbocycles. The van der Waals surface area contributed by atoms with Crippen molar-refractivity contribution in [3.63, 3.8) is 0 Å². The average Bonchev–Trinajstić information content (AvgIpc) is 3.19. The zero-order valence-electron chi connectivity index (χ0n) is 29.0. The number of aromatic hydroxyl groups is 2. The molecule has 3 heterocycles. The Morgan fingerprint density at radius 3 is 1.02 bits per heavy atom. The van der Waals surface area contributed by atoms with Crippen LogP contribution in [0.15, 0.2) is 72.8 Å². The number of carbonyl (C=O) groups excluding carboxylic acids is 2. The molecule has 0 saturated heterocycles. The standard InChI is InChI=1S/C36H20F6N6O10/c1-53-29(51)17-11-21-25(49)22(12-17)56-32-44-28(16-5-9-20(10-6-16)36(40,41)42)46-34(48-32)58-24-14-18(30(52)54-2)13-23(26(24)50)57-33-45-27(43-31(47-33)55-21)15-3-7-19(8-4-15)35(37,38)39/h3-14,49-50H,1-2H3. The second-order valence-electron chi connectivity index (χ2n) is 11.6. The minimum Gasteiger partial charge on any atom is -0.502 e. The van der Waals surface area contributed by atoms with E-state index in [1.165, 1.54) is 0 Å². The molecule has 7 rings (SSSR count). The number of methoxy groups -OCH3 is 2. The summed E-state index contributed by atoms with van der Waals surface area (Å²) in [5.74, 6) is -6.73. The first kappa shape index (κ1) is 38.5. The molecule has 296 valence electrons. The number of ether oxygens (including phenoxy) is 6. The Bertz CT molecular complexity index is 2320. The highest BCUT2D eigenvalue weighted by molar-refractivity contribution is 5.91. The van der Waals surface area contributed by atoms with Crippen LogP contribution in [0.2, 0.25) is 0 Å². The van der Waals surface area contributed by atoms with Crippen LogP contribution in [0.4, 0.5) is 26.3 Å². The highest BCUT2D eigenvalue weighted by atomic mass is 19.4. The zero-order chi connectivity index (χ0) is 41.5. The Morgan fingerprint density at radius 1 is 0.500 bits per heavy atom. The molecular weight excluding hydrogens is 790 g/mol. The third-order valence-electron chi connectivity index (χ3n) is 7.86. The summed E-state index contributed by atoms with van der Waals surface area (Å²) in [7, 11) is 2.09. The molecule has 0 unspecified atom stereocenters. The van der Waals surface area contributed by atoms with Gasteiger partial charge in [0.05, 0.1) is 36.5 Å². The number of benzene rings is 4. The maximum absolute atomic E-state index is 13.3. The van der Waals surface area contributed by atoms with Gasteiger partial charge in [-0.3, -0.25) is 0 Å². The molecule has 0 spiro atoms. The van der Waals surface area contributed by atoms with E-state index in [1.54, 1.807) is 0 Å². The van der Waals surface area contributed by atoms with Gasteiger partial charge in [-0.05, 0) is 48.5 Å². The Kier molecular flexibility index (Phi) is 9.76. The molecule has 1 aliphatic heterocycles. The number of phenolic OH excluding ortho intramolecular Hbond substituents is 2. The topological polar surface area (TPSA) is 207 Å². The number of carbonyl (C=O) groups is 2. The summed E-state index contributed by atoms with van der Waals surface area (Å²) in [6.07, 6.45) is -9.37. The van der Waals surface area contributed by atoms with Gasteiger partial charge in [-0.25, -0.2) is 9.59 Å². The molecule has 2 aromatic heterocycles. The highest BCUT2D eigenvalue weighted by Gasteiger charge is 2.32. The first-order valence-corrected chi connectivity index (χ1v) is 16.0. The highest BCUT2D eigenvalue weighted by Crippen LogP contribution is 2.45. The summed E-state index contributed by atoms with van der Waals surface area (Å²) in [5.41, 5.74) is -2.66. The lowest BCUT2D eigenvalue weighted by Crippen LogP contribution is -2.07. The Balaban J connectivity index is 1.45. The molecule has 16 nitrogen and oxygen atoms in total. The smallest absolute Gasteiger partial charge is 0.416 e. The molecule has 0 radical (unpaired) electrons. The molecule has 8 bridgehead atoms. The predicted molar refractivity (Wildman–Crippen MR) is 180 cm³/mol. The van der Waals surface area contributed by atoms with Crippen molar-refractivity contribution in [3.05, 3.63) is 95.1 Å². The van der Waals surface area contributed by atoms with Gasteiger partial charge in [0.25, 0.3) is 0 Å². The number of alkyl halides is 6. The second kappa shape index (κ2) is 14.7. The fraction of sp³-hybridized carbons (Fsp3) is 0.111. The van der Waals surface area contributed by atoms with Gasteiger partial charge in [0, 0.05) is 11.1 Å². The van der Waals surface area contributed by atoms with Gasteiger partial charge in [0.15, 0.2) is 34.6 Å². The monoisotopic (exact) mass is 810 g/mol. The van der Waals surface area contributed by atoms with Gasteiger partial charge >= 0.3 is 48.3 Å². The average molecular weight is 811 g/mol. The van der Waals surface area contributed by atoms with Crippen molar-refractivity contribution in [2.75, 3.05) is 14.2 Å². The summed E-state index contributed by atoms with van der Waals surface area (Å²) in [4.78, 5) is 50.0. The lowest BCUT2D eigenvalue weighted by molar-refractivity contribution is -0.138. The van der Waals surface area contributed by atoms with E-state index >= 15 is 0 Å². The van der Waals surface area contributed by atoms with Gasteiger partial charge in [0.2, 0.25) is 11.5 Å². The van der Waals surface area contributed by atoms with Crippen LogP contribution in [0.1, 0.15) is 31.8 Å². The van der Waals surface area contributed by atoms with Gasteiger partial charge in [-0.15, -0.1) is 9.97 Å². The molecule has 6 aromatic rings. The number of hydrogen-bond acceptors (Lipinski definition) is 16. The maximum Gasteiger partial charge on any atom is 0.416 e. The Labute approximate surface area is 319 Å². The van der Waals surface area contributed by atoms with Crippen LogP contribution in [-0.4, -0.2) is 66.3 Å². The summed E-state index contributed by atoms with van der Waals surface area (Å²) in [6, 6.07) is 8.19. The predicted octanol–water partition coefficient (Wildman–Crippen LogP) is 7.90. The van der Waals surface area contributed by atoms with Gasteiger partial charge < -0.3 is 38.6 Å². The lowest BCUT2D eigenvalue weighted by Gasteiger charge is -2.16. The van der Waals surface area contributed by atoms with Crippen LogP contribution >= 0.6 is 0 Å². The summed E-state index contributed by atoms with van der Waals surface area (Å²) in [5, 5.41) is 22.7. The van der Waals surface area contributed by atoms with Crippen LogP contribution in [-0.2, 0) is 21.8 Å². The number of rotatable bonds is 4. The van der Waals surface area contributed by atoms with Crippen LogP contribution in [0, 0.1) is 0 Å². The number of fused-ring (bicyclic) bond motifs is 8. The molecule has 0 saturated carbocycles. The summed E-state index contributed by atoms with van der Waals surface area (Å²) in [6.45, 7) is 0. The third-order valence-corrected chi connectivity index (χ3v) is 7.86. The fourth-order valence-corrected chi connectivity index (χ4v) is 5.07. The number of halogens is 6. The minimum absolute atomic E-state index is 0.0295. The molecular formula is C36H20F6N6O10. The van der Waals surface area contributed by atoms with Crippen molar-refractivity contribution in [1.29, 1.82) is 0 Å². The van der Waals surface area contributed by atoms with E-state index in [0.29, 0.717) is 0 Å². The van der Waals surface area contributed by atoms with Crippen molar-refractivity contribution in [1.82, 2.24) is 29.9 Å². The van der Waals surface area contributed by atoms with Gasteiger partial charge in [-0.1, -0.05) is 24.3 Å². The molecule has 58 heavy (non-hydrogen) atoms. The quantitative estimate of drug-likeness (QED) is 0.128. The summed E-state index contributed by atoms with van der Waals surface area (Å²) >= 11 is 0. The van der Waals surface area contributed by atoms with E-state index in [4.69, 9.17) is 28.4 Å². The SMILES string of the molecule is COC(=O)c1cc2c(O)c(c1)Oc1nc(nc(-c3ccc(C(F)(F)F)cc3)n1)Oc1cc(C(=O)OC)cc(c1O)Oc1nc(nc(-c3ccc(C(F)(F)F)cc3)n1)O2. The van der Waals surface area contributed by atoms with Crippen LogP contribution in [0.3, 0.4) is 0 Å². The molecule has 0 amide bonds. The van der Waals surface area contributed by atoms with E-state index < -0.39 is 94.0 Å². The number of hydrogen-bond donors (Lipinski definition) is 2. The van der Waals surface area contributed by atoms with Crippen molar-refractivity contribution >= 4 is 11.9 Å². The molecule has 22 heteroatoms. The maximum atomic E-state index is 13.3. The molecule has 0 atom stereocenters. The fourth-order valence-electron chi connectivity index (χ4n) is 5.07. The Morgan fingerprint density at radius 2 is 0.776 bits per heavy atom. The molecule has 0 fully saturated rings. The van der Waals surface area contributed by atoms with Crippen molar-refractivity contribution in [3.8, 4) is 81.3 Å². The first-order valence-electron chi connectivity index (χ1n) is 16.0. The lowest BCUT2D eigenvalue weighted by atomic mass is 10.1. The van der Waals surface area contributed by atoms with E-state index in [9.17, 15) is 46.1 Å². The number of phenols is 2. The summed E-state index contributed by atoms with van der Waals surface area (Å²) < 4.78 is 113. The number of nitrogens with zero attached hydrogens (tertiary/aromatic N) is 6. The minimum atomic E-state index is -4.68. The van der Waals surface area contributed by atoms with Gasteiger partial charge in [0.1, 0.15) is 0 Å². The number of esters is 2. The van der Waals surface area contributed by atoms with Crippen molar-refractivity contribution in [2.24, 2.45) is 0 Å². The molecule has 1 aliphatic rings. The van der Waals surface area contributed by atoms with E-state index in [2.05, 4.69) is 29.9 Å².